The fourth-order valence-corrected chi connectivity index (χ4v) is 4.05. The van der Waals surface area contributed by atoms with E-state index in [1.807, 2.05) is 48.2 Å². The van der Waals surface area contributed by atoms with E-state index < -0.39 is 5.44 Å². The predicted molar refractivity (Wildman–Crippen MR) is 119 cm³/mol. The van der Waals surface area contributed by atoms with Gasteiger partial charge in [0, 0.05) is 36.1 Å². The molecule has 0 bridgehead atoms. The Labute approximate surface area is 177 Å². The summed E-state index contributed by atoms with van der Waals surface area (Å²) in [4.78, 5) is 21.1. The Balaban J connectivity index is 1.48. The number of hydrogen-bond acceptors (Lipinski definition) is 6. The summed E-state index contributed by atoms with van der Waals surface area (Å²) in [6, 6.07) is 13.6. The molecule has 1 amide bonds. The minimum absolute atomic E-state index is 0.174. The minimum atomic E-state index is -0.642. The summed E-state index contributed by atoms with van der Waals surface area (Å²) in [6.07, 6.45) is 7.17. The first-order valence-corrected chi connectivity index (χ1v) is 11.2. The highest BCUT2D eigenvalue weighted by molar-refractivity contribution is 7.99. The number of thiophene rings is 1. The van der Waals surface area contributed by atoms with Crippen molar-refractivity contribution in [2.75, 3.05) is 6.26 Å². The summed E-state index contributed by atoms with van der Waals surface area (Å²) in [6.45, 7) is 0.415. The molecule has 29 heavy (non-hydrogen) atoms. The molecule has 3 aromatic heterocycles. The molecule has 4 rings (SSSR count). The summed E-state index contributed by atoms with van der Waals surface area (Å²) in [5.41, 5.74) is 3.40. The lowest BCUT2D eigenvalue weighted by molar-refractivity contribution is -0.124. The number of fused-ring (bicyclic) bond motifs is 1. The number of carbonyl (C=O) groups is 1. The molecule has 3 heterocycles. The molecule has 1 aromatic carbocycles. The van der Waals surface area contributed by atoms with Gasteiger partial charge in [-0.15, -0.1) is 11.8 Å². The topological polar surface area (TPSA) is 64.1 Å². The lowest BCUT2D eigenvalue weighted by Crippen LogP contribution is -2.35. The fourth-order valence-electron chi connectivity index (χ4n) is 2.88. The van der Waals surface area contributed by atoms with Gasteiger partial charge in [0.15, 0.2) is 0 Å². The summed E-state index contributed by atoms with van der Waals surface area (Å²) >= 11 is 3.01. The van der Waals surface area contributed by atoms with E-state index in [9.17, 15) is 4.79 Å². The van der Waals surface area contributed by atoms with Crippen molar-refractivity contribution >= 4 is 39.9 Å². The van der Waals surface area contributed by atoms with Gasteiger partial charge in [0.05, 0.1) is 5.52 Å². The molecular weight excluding hydrogens is 402 g/mol. The third-order valence-electron chi connectivity index (χ3n) is 4.37. The van der Waals surface area contributed by atoms with Gasteiger partial charge in [-0.1, -0.05) is 6.07 Å². The van der Waals surface area contributed by atoms with E-state index in [1.165, 1.54) is 11.8 Å². The zero-order valence-corrected chi connectivity index (χ0v) is 17.4. The van der Waals surface area contributed by atoms with Crippen molar-refractivity contribution < 1.29 is 9.53 Å². The molecule has 146 valence electrons. The van der Waals surface area contributed by atoms with Crippen LogP contribution in [0.15, 0.2) is 71.8 Å². The Morgan fingerprint density at radius 3 is 2.90 bits per heavy atom. The number of carbonyl (C=O) groups excluding carboxylic acids is 1. The molecule has 0 aliphatic heterocycles. The summed E-state index contributed by atoms with van der Waals surface area (Å²) < 4.78 is 5.96. The zero-order valence-electron chi connectivity index (χ0n) is 15.7. The Morgan fingerprint density at radius 2 is 2.14 bits per heavy atom. The number of hydrogen-bond donors (Lipinski definition) is 1. The van der Waals surface area contributed by atoms with Crippen LogP contribution in [0.5, 0.6) is 5.75 Å². The second-order valence-electron chi connectivity index (χ2n) is 6.36. The molecule has 0 aliphatic carbocycles. The van der Waals surface area contributed by atoms with Gasteiger partial charge in [-0.05, 0) is 64.5 Å². The zero-order chi connectivity index (χ0) is 20.1. The number of amides is 1. The Bertz CT molecular complexity index is 1100. The molecule has 7 heteroatoms. The largest absolute Gasteiger partial charge is 0.470 e. The molecular formula is C22H19N3O2S2. The van der Waals surface area contributed by atoms with Crippen LogP contribution in [0.2, 0.25) is 0 Å². The lowest BCUT2D eigenvalue weighted by Gasteiger charge is -2.17. The molecule has 1 unspecified atom stereocenters. The van der Waals surface area contributed by atoms with Crippen LogP contribution in [0, 0.1) is 0 Å². The first kappa shape index (κ1) is 19.4. The Kier molecular flexibility index (Phi) is 6.07. The van der Waals surface area contributed by atoms with Gasteiger partial charge in [-0.3, -0.25) is 14.8 Å². The van der Waals surface area contributed by atoms with Crippen molar-refractivity contribution in [3.63, 3.8) is 0 Å². The quantitative estimate of drug-likeness (QED) is 0.437. The van der Waals surface area contributed by atoms with Gasteiger partial charge in [-0.25, -0.2) is 0 Å². The Morgan fingerprint density at radius 1 is 1.21 bits per heavy atom. The van der Waals surface area contributed by atoms with Gasteiger partial charge in [0.2, 0.25) is 5.44 Å². The van der Waals surface area contributed by atoms with Crippen molar-refractivity contribution in [2.45, 2.75) is 12.0 Å². The summed E-state index contributed by atoms with van der Waals surface area (Å²) in [5, 5.41) is 8.02. The molecule has 1 N–H and O–H groups in total. The van der Waals surface area contributed by atoms with Crippen LogP contribution in [0.3, 0.4) is 0 Å². The highest BCUT2D eigenvalue weighted by Crippen LogP contribution is 2.27. The van der Waals surface area contributed by atoms with Crippen LogP contribution < -0.4 is 10.1 Å². The monoisotopic (exact) mass is 421 g/mol. The second-order valence-corrected chi connectivity index (χ2v) is 8.03. The third kappa shape index (κ3) is 4.75. The standard InChI is InChI=1S/C22H19N3O2S2/c1-28-22(21(26)25-12-15-3-2-7-23-11-15)27-19-4-5-20-17(10-19)9-18(13-24-20)16-6-8-29-14-16/h2-11,13-14,22H,12H2,1H3,(H,25,26). The number of ether oxygens (including phenoxy) is 1. The van der Waals surface area contributed by atoms with E-state index in [4.69, 9.17) is 4.74 Å². The van der Waals surface area contributed by atoms with Gasteiger partial charge < -0.3 is 10.1 Å². The number of nitrogens with one attached hydrogen (secondary N) is 1. The van der Waals surface area contributed by atoms with E-state index >= 15 is 0 Å². The number of rotatable bonds is 7. The van der Waals surface area contributed by atoms with Crippen molar-refractivity contribution in [1.82, 2.24) is 15.3 Å². The van der Waals surface area contributed by atoms with Gasteiger partial charge >= 0.3 is 0 Å². The first-order valence-electron chi connectivity index (χ1n) is 9.01. The van der Waals surface area contributed by atoms with Gasteiger partial charge in [0.25, 0.3) is 5.91 Å². The molecule has 5 nitrogen and oxygen atoms in total. The molecule has 0 saturated heterocycles. The van der Waals surface area contributed by atoms with E-state index in [1.54, 1.807) is 23.7 Å². The number of thioether (sulfide) groups is 1. The maximum absolute atomic E-state index is 12.5. The molecule has 0 spiro atoms. The fraction of sp³-hybridized carbons (Fsp3) is 0.136. The van der Waals surface area contributed by atoms with Crippen molar-refractivity contribution in [2.24, 2.45) is 0 Å². The number of benzene rings is 1. The highest BCUT2D eigenvalue weighted by Gasteiger charge is 2.19. The van der Waals surface area contributed by atoms with E-state index in [-0.39, 0.29) is 5.91 Å². The van der Waals surface area contributed by atoms with Gasteiger partial charge in [0.1, 0.15) is 5.75 Å². The maximum Gasteiger partial charge on any atom is 0.272 e. The molecule has 0 fully saturated rings. The SMILES string of the molecule is CSC(Oc1ccc2ncc(-c3ccsc3)cc2c1)C(=O)NCc1cccnc1. The summed E-state index contributed by atoms with van der Waals surface area (Å²) in [5.74, 6) is 0.462. The molecule has 1 atom stereocenters. The van der Waals surface area contributed by atoms with Crippen molar-refractivity contribution in [1.29, 1.82) is 0 Å². The number of aromatic nitrogens is 2. The average Bonchev–Trinajstić information content (AvgIpc) is 3.31. The van der Waals surface area contributed by atoms with Crippen LogP contribution in [0.25, 0.3) is 22.0 Å². The van der Waals surface area contributed by atoms with E-state index in [0.29, 0.717) is 12.3 Å². The second kappa shape index (κ2) is 9.07. The first-order chi connectivity index (χ1) is 14.2. The van der Waals surface area contributed by atoms with Crippen LogP contribution in [-0.4, -0.2) is 27.6 Å². The van der Waals surface area contributed by atoms with Crippen molar-refractivity contribution in [3.05, 3.63) is 77.4 Å². The van der Waals surface area contributed by atoms with E-state index in [2.05, 4.69) is 32.8 Å². The summed E-state index contributed by atoms with van der Waals surface area (Å²) in [7, 11) is 0. The average molecular weight is 422 g/mol. The van der Waals surface area contributed by atoms with E-state index in [0.717, 1.165) is 27.6 Å². The molecule has 4 aromatic rings. The third-order valence-corrected chi connectivity index (χ3v) is 5.79. The van der Waals surface area contributed by atoms with Crippen LogP contribution in [0.4, 0.5) is 0 Å². The van der Waals surface area contributed by atoms with Crippen LogP contribution >= 0.6 is 23.1 Å². The van der Waals surface area contributed by atoms with Gasteiger partial charge in [-0.2, -0.15) is 11.3 Å². The van der Waals surface area contributed by atoms with Crippen molar-refractivity contribution in [3.8, 4) is 16.9 Å². The number of pyridine rings is 2. The maximum atomic E-state index is 12.5. The van der Waals surface area contributed by atoms with Crippen LogP contribution in [0.1, 0.15) is 5.56 Å². The highest BCUT2D eigenvalue weighted by atomic mass is 32.2. The number of nitrogens with zero attached hydrogens (tertiary/aromatic N) is 2. The molecule has 0 radical (unpaired) electrons. The lowest BCUT2D eigenvalue weighted by atomic mass is 10.1. The normalized spacial score (nSPS) is 11.9. The predicted octanol–water partition coefficient (Wildman–Crippen LogP) is 4.74. The van der Waals surface area contributed by atoms with Crippen LogP contribution in [-0.2, 0) is 11.3 Å². The Hall–Kier alpha value is -2.90. The smallest absolute Gasteiger partial charge is 0.272 e. The minimum Gasteiger partial charge on any atom is -0.470 e. The molecule has 0 aliphatic rings. The molecule has 0 saturated carbocycles.